The van der Waals surface area contributed by atoms with Gasteiger partial charge in [0.25, 0.3) is 0 Å². The second-order valence-corrected chi connectivity index (χ2v) is 4.20. The first kappa shape index (κ1) is 12.6. The van der Waals surface area contributed by atoms with Gasteiger partial charge in [0.1, 0.15) is 6.61 Å². The molecule has 0 aliphatic heterocycles. The summed E-state index contributed by atoms with van der Waals surface area (Å²) in [6, 6.07) is 0.0522. The van der Waals surface area contributed by atoms with Gasteiger partial charge in [-0.3, -0.25) is 0 Å². The minimum absolute atomic E-state index is 0.0522. The first-order chi connectivity index (χ1) is 7.38. The molecule has 0 aliphatic rings. The maximum atomic E-state index is 12.7. The molecule has 0 atom stereocenters. The van der Waals surface area contributed by atoms with Crippen LogP contribution in [0, 0.1) is 5.82 Å². The Bertz CT molecular complexity index is 352. The average molecular weight is 229 g/mol. The highest BCUT2D eigenvalue weighted by Crippen LogP contribution is 2.10. The van der Waals surface area contributed by atoms with Crippen LogP contribution in [0.5, 0.6) is 6.01 Å². The predicted octanol–water partition coefficient (Wildman–Crippen LogP) is 1.39. The molecule has 0 aliphatic carbocycles. The summed E-state index contributed by atoms with van der Waals surface area (Å²) < 4.78 is 23.3. The Morgan fingerprint density at radius 2 is 2.06 bits per heavy atom. The van der Waals surface area contributed by atoms with Crippen LogP contribution < -0.4 is 10.5 Å². The van der Waals surface area contributed by atoms with Gasteiger partial charge in [0.15, 0.2) is 11.6 Å². The Morgan fingerprint density at radius 1 is 1.38 bits per heavy atom. The van der Waals surface area contributed by atoms with Crippen molar-refractivity contribution >= 4 is 5.82 Å². The van der Waals surface area contributed by atoms with Crippen LogP contribution in [-0.4, -0.2) is 28.8 Å². The van der Waals surface area contributed by atoms with Crippen molar-refractivity contribution in [1.29, 1.82) is 0 Å². The summed E-state index contributed by atoms with van der Waals surface area (Å²) in [4.78, 5) is 7.25. The second-order valence-electron chi connectivity index (χ2n) is 4.20. The summed E-state index contributed by atoms with van der Waals surface area (Å²) in [5.74, 6) is -0.875. The maximum Gasteiger partial charge on any atom is 0.318 e. The first-order valence-electron chi connectivity index (χ1n) is 4.93. The van der Waals surface area contributed by atoms with Gasteiger partial charge in [-0.2, -0.15) is 4.98 Å². The molecule has 1 rings (SSSR count). The van der Waals surface area contributed by atoms with Crippen LogP contribution in [0.2, 0.25) is 0 Å². The van der Waals surface area contributed by atoms with Crippen molar-refractivity contribution in [3.63, 3.8) is 0 Å². The molecule has 0 saturated heterocycles. The number of rotatable bonds is 4. The topological polar surface area (TPSA) is 70.3 Å². The molecule has 0 aromatic carbocycles. The molecule has 0 bridgehead atoms. The Hall–Kier alpha value is -1.43. The van der Waals surface area contributed by atoms with Crippen LogP contribution in [0.3, 0.4) is 0 Å². The molecule has 0 unspecified atom stereocenters. The summed E-state index contributed by atoms with van der Waals surface area (Å²) in [5.41, 5.74) is 5.04. The molecular formula is C10H16FN3O2. The molecule has 0 radical (unpaired) electrons. The van der Waals surface area contributed by atoms with Crippen LogP contribution >= 0.6 is 0 Å². The molecule has 5 nitrogen and oxygen atoms in total. The molecule has 0 fully saturated rings. The average Bonchev–Trinajstić information content (AvgIpc) is 2.17. The smallest absolute Gasteiger partial charge is 0.318 e. The van der Waals surface area contributed by atoms with Crippen LogP contribution in [-0.2, 0) is 4.74 Å². The van der Waals surface area contributed by atoms with Gasteiger partial charge in [0.2, 0.25) is 0 Å². The summed E-state index contributed by atoms with van der Waals surface area (Å²) >= 11 is 0. The molecular weight excluding hydrogens is 213 g/mol. The van der Waals surface area contributed by atoms with Gasteiger partial charge in [-0.25, -0.2) is 9.37 Å². The molecule has 1 heterocycles. The SMILES string of the molecule is CC(C)(C)OCCOc1ncc(F)c(N)n1. The fourth-order valence-electron chi connectivity index (χ4n) is 0.914. The lowest BCUT2D eigenvalue weighted by Gasteiger charge is -2.19. The van der Waals surface area contributed by atoms with Crippen molar-refractivity contribution in [2.24, 2.45) is 0 Å². The van der Waals surface area contributed by atoms with Crippen molar-refractivity contribution in [1.82, 2.24) is 9.97 Å². The molecule has 0 saturated carbocycles. The summed E-state index contributed by atoms with van der Waals surface area (Å²) in [7, 11) is 0. The van der Waals surface area contributed by atoms with Crippen LogP contribution in [0.1, 0.15) is 20.8 Å². The normalized spacial score (nSPS) is 11.5. The minimum atomic E-state index is -0.654. The number of hydrogen-bond donors (Lipinski definition) is 1. The van der Waals surface area contributed by atoms with E-state index in [4.69, 9.17) is 15.2 Å². The number of aromatic nitrogens is 2. The van der Waals surface area contributed by atoms with E-state index in [9.17, 15) is 4.39 Å². The van der Waals surface area contributed by atoms with E-state index in [0.717, 1.165) is 6.20 Å². The third-order valence-corrected chi connectivity index (χ3v) is 1.60. The number of nitrogens with two attached hydrogens (primary N) is 1. The number of halogens is 1. The molecule has 0 amide bonds. The standard InChI is InChI=1S/C10H16FN3O2/c1-10(2,3)16-5-4-15-9-13-6-7(11)8(12)14-9/h6H,4-5H2,1-3H3,(H2,12,13,14). The Morgan fingerprint density at radius 3 is 2.62 bits per heavy atom. The van der Waals surface area contributed by atoms with Crippen LogP contribution in [0.15, 0.2) is 6.20 Å². The maximum absolute atomic E-state index is 12.7. The fraction of sp³-hybridized carbons (Fsp3) is 0.600. The van der Waals surface area contributed by atoms with Crippen molar-refractivity contribution in [3.8, 4) is 6.01 Å². The van der Waals surface area contributed by atoms with E-state index >= 15 is 0 Å². The molecule has 1 aromatic rings. The lowest BCUT2D eigenvalue weighted by atomic mass is 10.2. The van der Waals surface area contributed by atoms with Crippen LogP contribution in [0.4, 0.5) is 10.2 Å². The number of anilines is 1. The zero-order valence-electron chi connectivity index (χ0n) is 9.66. The van der Waals surface area contributed by atoms with Gasteiger partial charge < -0.3 is 15.2 Å². The van der Waals surface area contributed by atoms with E-state index in [-0.39, 0.29) is 17.4 Å². The van der Waals surface area contributed by atoms with Gasteiger partial charge >= 0.3 is 6.01 Å². The number of hydrogen-bond acceptors (Lipinski definition) is 5. The third-order valence-electron chi connectivity index (χ3n) is 1.60. The van der Waals surface area contributed by atoms with E-state index in [1.807, 2.05) is 20.8 Å². The molecule has 1 aromatic heterocycles. The summed E-state index contributed by atoms with van der Waals surface area (Å²) in [6.07, 6.45) is 0.974. The monoisotopic (exact) mass is 229 g/mol. The molecule has 6 heteroatoms. The Balaban J connectivity index is 2.35. The fourth-order valence-corrected chi connectivity index (χ4v) is 0.914. The highest BCUT2D eigenvalue weighted by Gasteiger charge is 2.10. The summed E-state index contributed by atoms with van der Waals surface area (Å²) in [6.45, 7) is 6.53. The van der Waals surface area contributed by atoms with E-state index in [1.54, 1.807) is 0 Å². The Labute approximate surface area is 93.8 Å². The van der Waals surface area contributed by atoms with Gasteiger partial charge in [0.05, 0.1) is 18.4 Å². The minimum Gasteiger partial charge on any atom is -0.461 e. The van der Waals surface area contributed by atoms with Gasteiger partial charge in [-0.1, -0.05) is 0 Å². The van der Waals surface area contributed by atoms with Gasteiger partial charge in [0, 0.05) is 0 Å². The van der Waals surface area contributed by atoms with Crippen molar-refractivity contribution in [2.75, 3.05) is 18.9 Å². The predicted molar refractivity (Wildman–Crippen MR) is 57.6 cm³/mol. The van der Waals surface area contributed by atoms with E-state index in [0.29, 0.717) is 13.2 Å². The number of nitrogen functional groups attached to an aromatic ring is 1. The third kappa shape index (κ3) is 4.39. The number of ether oxygens (including phenoxy) is 2. The number of nitrogens with zero attached hydrogens (tertiary/aromatic N) is 2. The van der Waals surface area contributed by atoms with Crippen molar-refractivity contribution in [3.05, 3.63) is 12.0 Å². The lowest BCUT2D eigenvalue weighted by Crippen LogP contribution is -2.22. The quantitative estimate of drug-likeness (QED) is 0.790. The van der Waals surface area contributed by atoms with Crippen molar-refractivity contribution in [2.45, 2.75) is 26.4 Å². The largest absolute Gasteiger partial charge is 0.461 e. The molecule has 2 N–H and O–H groups in total. The van der Waals surface area contributed by atoms with Crippen LogP contribution in [0.25, 0.3) is 0 Å². The highest BCUT2D eigenvalue weighted by molar-refractivity contribution is 5.28. The molecule has 16 heavy (non-hydrogen) atoms. The highest BCUT2D eigenvalue weighted by atomic mass is 19.1. The second kappa shape index (κ2) is 5.07. The van der Waals surface area contributed by atoms with Crippen molar-refractivity contribution < 1.29 is 13.9 Å². The van der Waals surface area contributed by atoms with Gasteiger partial charge in [-0.05, 0) is 20.8 Å². The Kier molecular flexibility index (Phi) is 4.00. The zero-order valence-corrected chi connectivity index (χ0v) is 9.66. The lowest BCUT2D eigenvalue weighted by molar-refractivity contribution is -0.0173. The van der Waals surface area contributed by atoms with E-state index in [1.165, 1.54) is 0 Å². The molecule has 90 valence electrons. The zero-order chi connectivity index (χ0) is 12.2. The van der Waals surface area contributed by atoms with E-state index < -0.39 is 5.82 Å². The van der Waals surface area contributed by atoms with Gasteiger partial charge in [-0.15, -0.1) is 0 Å². The molecule has 0 spiro atoms. The van der Waals surface area contributed by atoms with E-state index in [2.05, 4.69) is 9.97 Å². The first-order valence-corrected chi connectivity index (χ1v) is 4.93. The summed E-state index contributed by atoms with van der Waals surface area (Å²) in [5, 5.41) is 0.